The largest absolute Gasteiger partial charge is 0.398 e. The first-order valence-electron chi connectivity index (χ1n) is 5.80. The molecule has 0 aliphatic rings. The summed E-state index contributed by atoms with van der Waals surface area (Å²) in [4.78, 5) is 11.9. The van der Waals surface area contributed by atoms with E-state index in [1.54, 1.807) is 12.1 Å². The summed E-state index contributed by atoms with van der Waals surface area (Å²) >= 11 is 0. The van der Waals surface area contributed by atoms with Crippen molar-refractivity contribution < 1.29 is 4.79 Å². The van der Waals surface area contributed by atoms with E-state index < -0.39 is 0 Å². The Labute approximate surface area is 107 Å². The van der Waals surface area contributed by atoms with E-state index in [0.717, 1.165) is 5.56 Å². The summed E-state index contributed by atoms with van der Waals surface area (Å²) in [5.74, 6) is -0.0753. The summed E-state index contributed by atoms with van der Waals surface area (Å²) in [5, 5.41) is 0. The number of rotatable bonds is 3. The zero-order valence-electron chi connectivity index (χ0n) is 10.3. The zero-order valence-corrected chi connectivity index (χ0v) is 10.3. The van der Waals surface area contributed by atoms with Gasteiger partial charge in [-0.05, 0) is 12.5 Å². The molecule has 0 fully saturated rings. The third-order valence-corrected chi connectivity index (χ3v) is 2.73. The van der Waals surface area contributed by atoms with Crippen LogP contribution in [0.15, 0.2) is 60.7 Å². The van der Waals surface area contributed by atoms with Gasteiger partial charge in [0, 0.05) is 17.3 Å². The van der Waals surface area contributed by atoms with Crippen molar-refractivity contribution in [2.75, 3.05) is 0 Å². The molecule has 2 aromatic carbocycles. The number of carbonyl (C=O) groups excluding carboxylic acids is 1. The predicted octanol–water partition coefficient (Wildman–Crippen LogP) is 3.18. The van der Waals surface area contributed by atoms with Gasteiger partial charge in [-0.15, -0.1) is 0 Å². The lowest BCUT2D eigenvalue weighted by Gasteiger charge is -2.02. The van der Waals surface area contributed by atoms with E-state index in [9.17, 15) is 4.79 Å². The summed E-state index contributed by atoms with van der Waals surface area (Å²) in [5.41, 5.74) is 9.09. The average Bonchev–Trinajstić information content (AvgIpc) is 2.40. The maximum atomic E-state index is 11.9. The fraction of sp³-hybridized carbons (Fsp3) is 0.0625. The van der Waals surface area contributed by atoms with E-state index in [1.807, 2.05) is 49.4 Å². The first-order chi connectivity index (χ1) is 8.66. The summed E-state index contributed by atoms with van der Waals surface area (Å²) in [6.45, 7) is 2.01. The van der Waals surface area contributed by atoms with Crippen LogP contribution in [0, 0.1) is 6.92 Å². The fourth-order valence-electron chi connectivity index (χ4n) is 1.66. The van der Waals surface area contributed by atoms with Gasteiger partial charge < -0.3 is 5.73 Å². The molecule has 2 nitrogen and oxygen atoms in total. The third-order valence-electron chi connectivity index (χ3n) is 2.73. The van der Waals surface area contributed by atoms with Gasteiger partial charge in [0.1, 0.15) is 0 Å². The molecule has 0 spiro atoms. The molecule has 0 heterocycles. The van der Waals surface area contributed by atoms with E-state index in [4.69, 9.17) is 5.73 Å². The van der Waals surface area contributed by atoms with Crippen molar-refractivity contribution in [3.05, 3.63) is 77.4 Å². The molecule has 0 saturated heterocycles. The van der Waals surface area contributed by atoms with Crippen LogP contribution in [0.25, 0.3) is 5.70 Å². The molecular weight excluding hydrogens is 222 g/mol. The van der Waals surface area contributed by atoms with Gasteiger partial charge in [0.05, 0.1) is 0 Å². The second kappa shape index (κ2) is 5.32. The van der Waals surface area contributed by atoms with Crippen LogP contribution in [0.3, 0.4) is 0 Å². The molecule has 0 bridgehead atoms. The Morgan fingerprint density at radius 3 is 2.17 bits per heavy atom. The molecule has 0 amide bonds. The lowest BCUT2D eigenvalue weighted by Crippen LogP contribution is -2.02. The molecule has 0 atom stereocenters. The predicted molar refractivity (Wildman–Crippen MR) is 74.1 cm³/mol. The van der Waals surface area contributed by atoms with Gasteiger partial charge in [-0.2, -0.15) is 0 Å². The van der Waals surface area contributed by atoms with Gasteiger partial charge in [-0.3, -0.25) is 4.79 Å². The normalized spacial score (nSPS) is 11.3. The molecule has 2 rings (SSSR count). The van der Waals surface area contributed by atoms with Crippen LogP contribution in [-0.2, 0) is 0 Å². The van der Waals surface area contributed by atoms with E-state index >= 15 is 0 Å². The number of aryl methyl sites for hydroxylation is 1. The van der Waals surface area contributed by atoms with Crippen LogP contribution in [0.1, 0.15) is 21.5 Å². The summed E-state index contributed by atoms with van der Waals surface area (Å²) in [6, 6.07) is 16.9. The highest BCUT2D eigenvalue weighted by molar-refractivity contribution is 6.08. The molecule has 2 aromatic rings. The molecule has 0 unspecified atom stereocenters. The average molecular weight is 237 g/mol. The summed E-state index contributed by atoms with van der Waals surface area (Å²) in [7, 11) is 0. The van der Waals surface area contributed by atoms with Gasteiger partial charge in [-0.25, -0.2) is 0 Å². The van der Waals surface area contributed by atoms with Crippen LogP contribution >= 0.6 is 0 Å². The molecule has 0 saturated carbocycles. The minimum atomic E-state index is -0.0753. The Balaban J connectivity index is 2.23. The van der Waals surface area contributed by atoms with Crippen molar-refractivity contribution in [1.82, 2.24) is 0 Å². The Bertz CT molecular complexity index is 568. The molecule has 0 aromatic heterocycles. The first-order valence-corrected chi connectivity index (χ1v) is 5.80. The van der Waals surface area contributed by atoms with Gasteiger partial charge in [0.15, 0.2) is 5.78 Å². The van der Waals surface area contributed by atoms with Crippen LogP contribution in [0.2, 0.25) is 0 Å². The molecule has 18 heavy (non-hydrogen) atoms. The number of hydrogen-bond acceptors (Lipinski definition) is 2. The van der Waals surface area contributed by atoms with Gasteiger partial charge in [0.25, 0.3) is 0 Å². The highest BCUT2D eigenvalue weighted by Gasteiger charge is 2.03. The smallest absolute Gasteiger partial charge is 0.187 e. The maximum absolute atomic E-state index is 11.9. The standard InChI is InChI=1S/C16H15NO/c1-12-7-9-13(10-8-12)15(17)11-16(18)14-5-3-2-4-6-14/h2-11H,17H2,1H3. The van der Waals surface area contributed by atoms with Crippen LogP contribution < -0.4 is 5.73 Å². The Morgan fingerprint density at radius 2 is 1.56 bits per heavy atom. The van der Waals surface area contributed by atoms with Crippen molar-refractivity contribution >= 4 is 11.5 Å². The van der Waals surface area contributed by atoms with Gasteiger partial charge in [0.2, 0.25) is 0 Å². The van der Waals surface area contributed by atoms with Crippen LogP contribution in [0.5, 0.6) is 0 Å². The Morgan fingerprint density at radius 1 is 0.944 bits per heavy atom. The van der Waals surface area contributed by atoms with Crippen LogP contribution in [0.4, 0.5) is 0 Å². The molecule has 2 heteroatoms. The van der Waals surface area contributed by atoms with Gasteiger partial charge >= 0.3 is 0 Å². The van der Waals surface area contributed by atoms with Crippen molar-refractivity contribution in [2.24, 2.45) is 5.73 Å². The van der Waals surface area contributed by atoms with Crippen molar-refractivity contribution in [3.8, 4) is 0 Å². The number of hydrogen-bond donors (Lipinski definition) is 1. The van der Waals surface area contributed by atoms with E-state index in [-0.39, 0.29) is 5.78 Å². The monoisotopic (exact) mass is 237 g/mol. The number of nitrogens with two attached hydrogens (primary N) is 1. The SMILES string of the molecule is Cc1ccc(C(N)=CC(=O)c2ccccc2)cc1. The number of carbonyl (C=O) groups is 1. The van der Waals surface area contributed by atoms with E-state index in [1.165, 1.54) is 11.6 Å². The molecule has 2 N–H and O–H groups in total. The molecule has 0 aliphatic carbocycles. The zero-order chi connectivity index (χ0) is 13.0. The maximum Gasteiger partial charge on any atom is 0.187 e. The summed E-state index contributed by atoms with van der Waals surface area (Å²) in [6.07, 6.45) is 1.47. The van der Waals surface area contributed by atoms with Gasteiger partial charge in [-0.1, -0.05) is 60.2 Å². The lowest BCUT2D eigenvalue weighted by molar-refractivity contribution is 0.104. The molecular formula is C16H15NO. The minimum absolute atomic E-state index is 0.0753. The van der Waals surface area contributed by atoms with Crippen LogP contribution in [-0.4, -0.2) is 5.78 Å². The molecule has 0 aliphatic heterocycles. The fourth-order valence-corrected chi connectivity index (χ4v) is 1.66. The Hall–Kier alpha value is -2.35. The minimum Gasteiger partial charge on any atom is -0.398 e. The summed E-state index contributed by atoms with van der Waals surface area (Å²) < 4.78 is 0. The van der Waals surface area contributed by atoms with Crippen molar-refractivity contribution in [1.29, 1.82) is 0 Å². The van der Waals surface area contributed by atoms with E-state index in [0.29, 0.717) is 11.3 Å². The first kappa shape index (κ1) is 12.1. The second-order valence-corrected chi connectivity index (χ2v) is 4.20. The van der Waals surface area contributed by atoms with Crippen molar-refractivity contribution in [2.45, 2.75) is 6.92 Å². The number of ketones is 1. The molecule has 0 radical (unpaired) electrons. The Kier molecular flexibility index (Phi) is 3.58. The quantitative estimate of drug-likeness (QED) is 0.658. The topological polar surface area (TPSA) is 43.1 Å². The number of allylic oxidation sites excluding steroid dienone is 1. The third kappa shape index (κ3) is 2.86. The highest BCUT2D eigenvalue weighted by atomic mass is 16.1. The molecule has 90 valence electrons. The van der Waals surface area contributed by atoms with Crippen molar-refractivity contribution in [3.63, 3.8) is 0 Å². The lowest BCUT2D eigenvalue weighted by atomic mass is 10.1. The highest BCUT2D eigenvalue weighted by Crippen LogP contribution is 2.11. The second-order valence-electron chi connectivity index (χ2n) is 4.20. The van der Waals surface area contributed by atoms with E-state index in [2.05, 4.69) is 0 Å². The number of benzene rings is 2.